The molecule has 0 radical (unpaired) electrons. The van der Waals surface area contributed by atoms with Crippen LogP contribution >= 0.6 is 11.3 Å². The van der Waals surface area contributed by atoms with Gasteiger partial charge in [0.1, 0.15) is 0 Å². The third kappa shape index (κ3) is 4.51. The first-order chi connectivity index (χ1) is 9.31. The van der Waals surface area contributed by atoms with Gasteiger partial charge in [-0.15, -0.1) is 11.3 Å². The third-order valence-corrected chi connectivity index (χ3v) is 4.55. The summed E-state index contributed by atoms with van der Waals surface area (Å²) in [4.78, 5) is 8.18. The van der Waals surface area contributed by atoms with E-state index in [-0.39, 0.29) is 0 Å². The van der Waals surface area contributed by atoms with Crippen molar-refractivity contribution in [3.8, 4) is 0 Å². The zero-order valence-electron chi connectivity index (χ0n) is 11.9. The molecule has 2 heterocycles. The predicted molar refractivity (Wildman–Crippen MR) is 82.7 cm³/mol. The van der Waals surface area contributed by atoms with Crippen molar-refractivity contribution in [2.45, 2.75) is 19.4 Å². The number of nitrogens with one attached hydrogen (secondary N) is 2. The Labute approximate surface area is 119 Å². The van der Waals surface area contributed by atoms with Gasteiger partial charge in [-0.1, -0.05) is 6.07 Å². The quantitative estimate of drug-likeness (QED) is 0.652. The Morgan fingerprint density at radius 3 is 2.84 bits per heavy atom. The molecule has 5 heteroatoms. The van der Waals surface area contributed by atoms with E-state index in [4.69, 9.17) is 0 Å². The van der Waals surface area contributed by atoms with E-state index in [2.05, 4.69) is 38.0 Å². The Hall–Kier alpha value is -1.07. The minimum absolute atomic E-state index is 0.768. The van der Waals surface area contributed by atoms with E-state index in [0.29, 0.717) is 0 Å². The summed E-state index contributed by atoms with van der Waals surface area (Å²) in [6.45, 7) is 4.57. The lowest BCUT2D eigenvalue weighted by atomic mass is 9.97. The van der Waals surface area contributed by atoms with E-state index in [0.717, 1.165) is 25.0 Å². The van der Waals surface area contributed by atoms with Crippen LogP contribution in [0.25, 0.3) is 0 Å². The number of likely N-dealkylation sites (tertiary alicyclic amines) is 1. The standard InChI is InChI=1S/C14H24N4S/c1-15-14(16-2)17-10-12-5-7-18(8-6-12)11-13-4-3-9-19-13/h3-4,9,12H,5-8,10-11H2,1-2H3,(H2,15,16,17). The first-order valence-electron chi connectivity index (χ1n) is 6.95. The summed E-state index contributed by atoms with van der Waals surface area (Å²) in [6.07, 6.45) is 2.55. The maximum atomic E-state index is 4.14. The SMILES string of the molecule is CN=C(NC)NCC1CCN(Cc2cccs2)CC1. The van der Waals surface area contributed by atoms with Crippen molar-refractivity contribution >= 4 is 17.3 Å². The van der Waals surface area contributed by atoms with Crippen LogP contribution in [-0.4, -0.2) is 44.6 Å². The summed E-state index contributed by atoms with van der Waals surface area (Å²) in [5, 5.41) is 8.59. The molecule has 1 aliphatic heterocycles. The van der Waals surface area contributed by atoms with Crippen LogP contribution in [0.2, 0.25) is 0 Å². The highest BCUT2D eigenvalue weighted by molar-refractivity contribution is 7.09. The van der Waals surface area contributed by atoms with E-state index >= 15 is 0 Å². The summed E-state index contributed by atoms with van der Waals surface area (Å²) in [5.41, 5.74) is 0. The second kappa shape index (κ2) is 7.50. The number of thiophene rings is 1. The highest BCUT2D eigenvalue weighted by atomic mass is 32.1. The second-order valence-electron chi connectivity index (χ2n) is 5.00. The predicted octanol–water partition coefficient (Wildman–Crippen LogP) is 1.75. The van der Waals surface area contributed by atoms with E-state index in [1.165, 1.54) is 30.8 Å². The van der Waals surface area contributed by atoms with Gasteiger partial charge in [0.15, 0.2) is 5.96 Å². The van der Waals surface area contributed by atoms with Gasteiger partial charge in [-0.05, 0) is 43.3 Å². The molecule has 0 bridgehead atoms. The van der Waals surface area contributed by atoms with Crippen molar-refractivity contribution in [3.63, 3.8) is 0 Å². The molecule has 4 nitrogen and oxygen atoms in total. The van der Waals surface area contributed by atoms with Gasteiger partial charge in [0.05, 0.1) is 0 Å². The monoisotopic (exact) mass is 280 g/mol. The molecule has 1 aromatic rings. The molecule has 0 spiro atoms. The smallest absolute Gasteiger partial charge is 0.190 e. The number of hydrogen-bond donors (Lipinski definition) is 2. The fourth-order valence-electron chi connectivity index (χ4n) is 2.49. The summed E-state index contributed by atoms with van der Waals surface area (Å²) >= 11 is 1.86. The van der Waals surface area contributed by atoms with Crippen LogP contribution < -0.4 is 10.6 Å². The van der Waals surface area contributed by atoms with Crippen molar-refractivity contribution in [3.05, 3.63) is 22.4 Å². The molecule has 2 rings (SSSR count). The van der Waals surface area contributed by atoms with Gasteiger partial charge < -0.3 is 10.6 Å². The minimum Gasteiger partial charge on any atom is -0.359 e. The first-order valence-corrected chi connectivity index (χ1v) is 7.83. The van der Waals surface area contributed by atoms with Gasteiger partial charge in [0.25, 0.3) is 0 Å². The van der Waals surface area contributed by atoms with E-state index in [1.807, 2.05) is 25.4 Å². The lowest BCUT2D eigenvalue weighted by molar-refractivity contribution is 0.179. The number of rotatable bonds is 4. The molecule has 2 N–H and O–H groups in total. The van der Waals surface area contributed by atoms with Crippen LogP contribution in [0.3, 0.4) is 0 Å². The van der Waals surface area contributed by atoms with Gasteiger partial charge in [-0.25, -0.2) is 0 Å². The van der Waals surface area contributed by atoms with Gasteiger partial charge >= 0.3 is 0 Å². The van der Waals surface area contributed by atoms with Crippen LogP contribution in [-0.2, 0) is 6.54 Å². The number of nitrogens with zero attached hydrogens (tertiary/aromatic N) is 2. The normalized spacial score (nSPS) is 18.5. The number of piperidine rings is 1. The highest BCUT2D eigenvalue weighted by Crippen LogP contribution is 2.20. The Bertz CT molecular complexity index is 380. The van der Waals surface area contributed by atoms with Crippen molar-refractivity contribution in [1.82, 2.24) is 15.5 Å². The van der Waals surface area contributed by atoms with Gasteiger partial charge in [0, 0.05) is 32.1 Å². The minimum atomic E-state index is 0.768. The largest absolute Gasteiger partial charge is 0.359 e. The maximum absolute atomic E-state index is 4.14. The lowest BCUT2D eigenvalue weighted by Crippen LogP contribution is -2.41. The molecular formula is C14H24N4S. The van der Waals surface area contributed by atoms with Crippen molar-refractivity contribution in [2.24, 2.45) is 10.9 Å². The molecule has 1 fully saturated rings. The fraction of sp³-hybridized carbons (Fsp3) is 0.643. The van der Waals surface area contributed by atoms with Crippen LogP contribution in [0.5, 0.6) is 0 Å². The average Bonchev–Trinajstić information content (AvgIpc) is 2.95. The molecule has 0 aliphatic carbocycles. The van der Waals surface area contributed by atoms with Crippen LogP contribution in [0.1, 0.15) is 17.7 Å². The van der Waals surface area contributed by atoms with E-state index in [1.54, 1.807) is 0 Å². The molecule has 0 amide bonds. The maximum Gasteiger partial charge on any atom is 0.190 e. The van der Waals surface area contributed by atoms with Crippen molar-refractivity contribution in [1.29, 1.82) is 0 Å². The molecule has 0 aromatic carbocycles. The summed E-state index contributed by atoms with van der Waals surface area (Å²) < 4.78 is 0. The topological polar surface area (TPSA) is 39.7 Å². The van der Waals surface area contributed by atoms with Gasteiger partial charge in [-0.2, -0.15) is 0 Å². The average molecular weight is 280 g/mol. The zero-order valence-corrected chi connectivity index (χ0v) is 12.7. The lowest BCUT2D eigenvalue weighted by Gasteiger charge is -2.31. The van der Waals surface area contributed by atoms with E-state index < -0.39 is 0 Å². The molecule has 0 atom stereocenters. The van der Waals surface area contributed by atoms with Crippen molar-refractivity contribution in [2.75, 3.05) is 33.7 Å². The summed E-state index contributed by atoms with van der Waals surface area (Å²) in [6, 6.07) is 4.37. The fourth-order valence-corrected chi connectivity index (χ4v) is 3.24. The third-order valence-electron chi connectivity index (χ3n) is 3.69. The van der Waals surface area contributed by atoms with E-state index in [9.17, 15) is 0 Å². The van der Waals surface area contributed by atoms with Crippen LogP contribution in [0.15, 0.2) is 22.5 Å². The zero-order chi connectivity index (χ0) is 13.5. The van der Waals surface area contributed by atoms with Gasteiger partial charge in [0.2, 0.25) is 0 Å². The van der Waals surface area contributed by atoms with Gasteiger partial charge in [-0.3, -0.25) is 9.89 Å². The Kier molecular flexibility index (Phi) is 5.66. The summed E-state index contributed by atoms with van der Waals surface area (Å²) in [5.74, 6) is 1.66. The Balaban J connectivity index is 1.67. The molecule has 0 unspecified atom stereocenters. The van der Waals surface area contributed by atoms with Crippen LogP contribution in [0, 0.1) is 5.92 Å². The van der Waals surface area contributed by atoms with Crippen molar-refractivity contribution < 1.29 is 0 Å². The highest BCUT2D eigenvalue weighted by Gasteiger charge is 2.19. The van der Waals surface area contributed by atoms with Crippen LogP contribution in [0.4, 0.5) is 0 Å². The molecule has 106 valence electrons. The Morgan fingerprint density at radius 2 is 2.26 bits per heavy atom. The second-order valence-corrected chi connectivity index (χ2v) is 6.03. The molecule has 1 aromatic heterocycles. The molecule has 19 heavy (non-hydrogen) atoms. The number of aliphatic imine (C=N–C) groups is 1. The molecule has 1 aliphatic rings. The number of hydrogen-bond acceptors (Lipinski definition) is 3. The molecule has 1 saturated heterocycles. The Morgan fingerprint density at radius 1 is 1.47 bits per heavy atom. The molecular weight excluding hydrogens is 256 g/mol. The summed E-state index contributed by atoms with van der Waals surface area (Å²) in [7, 11) is 3.71. The first kappa shape index (κ1) is 14.3. The molecule has 0 saturated carbocycles. The number of guanidine groups is 1.